The van der Waals surface area contributed by atoms with Crippen molar-refractivity contribution in [1.29, 1.82) is 0 Å². The molecule has 24 heavy (non-hydrogen) atoms. The van der Waals surface area contributed by atoms with E-state index in [4.69, 9.17) is 23.2 Å². The molecule has 0 aliphatic carbocycles. The molecule has 0 aliphatic rings. The molecular formula is C21H17Cl2N. The van der Waals surface area contributed by atoms with Crippen molar-refractivity contribution in [2.24, 2.45) is 4.99 Å². The first kappa shape index (κ1) is 16.8. The van der Waals surface area contributed by atoms with E-state index in [-0.39, 0.29) is 6.04 Å². The van der Waals surface area contributed by atoms with Crippen molar-refractivity contribution >= 4 is 29.4 Å². The maximum absolute atomic E-state index is 6.25. The molecule has 0 heterocycles. The van der Waals surface area contributed by atoms with Crippen LogP contribution < -0.4 is 0 Å². The van der Waals surface area contributed by atoms with Gasteiger partial charge in [-0.2, -0.15) is 0 Å². The molecule has 0 N–H and O–H groups in total. The molecule has 0 saturated heterocycles. The highest BCUT2D eigenvalue weighted by Crippen LogP contribution is 2.32. The van der Waals surface area contributed by atoms with Crippen molar-refractivity contribution in [3.8, 4) is 11.1 Å². The van der Waals surface area contributed by atoms with Gasteiger partial charge >= 0.3 is 0 Å². The molecule has 0 radical (unpaired) electrons. The van der Waals surface area contributed by atoms with Crippen LogP contribution in [0.15, 0.2) is 77.8 Å². The average Bonchev–Trinajstić information content (AvgIpc) is 2.61. The van der Waals surface area contributed by atoms with Crippen LogP contribution in [0.25, 0.3) is 11.1 Å². The van der Waals surface area contributed by atoms with Crippen LogP contribution >= 0.6 is 23.2 Å². The summed E-state index contributed by atoms with van der Waals surface area (Å²) < 4.78 is 0. The van der Waals surface area contributed by atoms with Crippen molar-refractivity contribution in [3.63, 3.8) is 0 Å². The summed E-state index contributed by atoms with van der Waals surface area (Å²) >= 11 is 12.5. The van der Waals surface area contributed by atoms with Gasteiger partial charge in [0.05, 0.1) is 6.04 Å². The van der Waals surface area contributed by atoms with Gasteiger partial charge < -0.3 is 0 Å². The molecule has 0 bridgehead atoms. The Morgan fingerprint density at radius 2 is 1.42 bits per heavy atom. The number of nitrogens with zero attached hydrogens (tertiary/aromatic N) is 1. The lowest BCUT2D eigenvalue weighted by Crippen LogP contribution is -1.94. The van der Waals surface area contributed by atoms with E-state index in [1.165, 1.54) is 11.1 Å². The molecule has 1 nitrogen and oxygen atoms in total. The van der Waals surface area contributed by atoms with Gasteiger partial charge in [-0.1, -0.05) is 77.8 Å². The first-order chi connectivity index (χ1) is 11.6. The van der Waals surface area contributed by atoms with Gasteiger partial charge in [0.1, 0.15) is 0 Å². The first-order valence-electron chi connectivity index (χ1n) is 7.78. The molecule has 0 amide bonds. The van der Waals surface area contributed by atoms with E-state index in [2.05, 4.69) is 29.3 Å². The van der Waals surface area contributed by atoms with Gasteiger partial charge in [-0.25, -0.2) is 0 Å². The minimum Gasteiger partial charge on any atom is -0.285 e. The second kappa shape index (κ2) is 7.65. The summed E-state index contributed by atoms with van der Waals surface area (Å²) in [6, 6.07) is 24.0. The summed E-state index contributed by atoms with van der Waals surface area (Å²) in [7, 11) is 0. The van der Waals surface area contributed by atoms with Gasteiger partial charge in [0.15, 0.2) is 0 Å². The molecule has 3 heteroatoms. The fourth-order valence-electron chi connectivity index (χ4n) is 2.61. The van der Waals surface area contributed by atoms with Crippen LogP contribution in [-0.4, -0.2) is 6.21 Å². The molecule has 0 aliphatic heterocycles. The second-order valence-corrected chi connectivity index (χ2v) is 6.40. The smallest absolute Gasteiger partial charge is 0.0750 e. The van der Waals surface area contributed by atoms with Crippen LogP contribution in [0.2, 0.25) is 10.0 Å². The highest BCUT2D eigenvalue weighted by molar-refractivity contribution is 6.36. The van der Waals surface area contributed by atoms with Crippen molar-refractivity contribution in [1.82, 2.24) is 0 Å². The lowest BCUT2D eigenvalue weighted by atomic mass is 10.0. The lowest BCUT2D eigenvalue weighted by molar-refractivity contribution is 0.826. The summed E-state index contributed by atoms with van der Waals surface area (Å²) in [6.07, 6.45) is 1.87. The maximum Gasteiger partial charge on any atom is 0.0750 e. The van der Waals surface area contributed by atoms with Crippen molar-refractivity contribution in [2.75, 3.05) is 0 Å². The summed E-state index contributed by atoms with van der Waals surface area (Å²) in [5.41, 5.74) is 4.26. The normalized spacial score (nSPS) is 12.5. The molecule has 3 aromatic rings. The summed E-state index contributed by atoms with van der Waals surface area (Å²) in [5.74, 6) is 0. The molecule has 3 aromatic carbocycles. The minimum absolute atomic E-state index is 0.105. The Labute approximate surface area is 152 Å². The van der Waals surface area contributed by atoms with Crippen molar-refractivity contribution in [2.45, 2.75) is 13.0 Å². The zero-order chi connectivity index (χ0) is 16.9. The molecule has 0 aromatic heterocycles. The molecule has 0 saturated carbocycles. The Kier molecular flexibility index (Phi) is 5.34. The Balaban J connectivity index is 1.85. The third kappa shape index (κ3) is 3.87. The van der Waals surface area contributed by atoms with E-state index in [0.29, 0.717) is 10.0 Å². The zero-order valence-electron chi connectivity index (χ0n) is 13.3. The minimum atomic E-state index is -0.105. The molecule has 1 atom stereocenters. The van der Waals surface area contributed by atoms with Gasteiger partial charge in [0, 0.05) is 21.8 Å². The summed E-state index contributed by atoms with van der Waals surface area (Å²) in [5, 5.41) is 1.29. The molecule has 0 spiro atoms. The fraction of sp³-hybridized carbons (Fsp3) is 0.0952. The Morgan fingerprint density at radius 3 is 2.12 bits per heavy atom. The molecule has 120 valence electrons. The summed E-state index contributed by atoms with van der Waals surface area (Å²) in [4.78, 5) is 4.63. The fourth-order valence-corrected chi connectivity index (χ4v) is 3.32. The van der Waals surface area contributed by atoms with E-state index < -0.39 is 0 Å². The molecule has 1 unspecified atom stereocenters. The quantitative estimate of drug-likeness (QED) is 0.455. The Hall–Kier alpha value is -2.09. The van der Waals surface area contributed by atoms with E-state index in [1.54, 1.807) is 0 Å². The van der Waals surface area contributed by atoms with E-state index >= 15 is 0 Å². The number of benzene rings is 3. The van der Waals surface area contributed by atoms with Crippen molar-refractivity contribution < 1.29 is 0 Å². The van der Waals surface area contributed by atoms with Gasteiger partial charge in [0.2, 0.25) is 0 Å². The molecular weight excluding hydrogens is 337 g/mol. The number of rotatable bonds is 4. The van der Waals surface area contributed by atoms with E-state index in [9.17, 15) is 0 Å². The van der Waals surface area contributed by atoms with Crippen LogP contribution in [0.1, 0.15) is 24.1 Å². The predicted molar refractivity (Wildman–Crippen MR) is 104 cm³/mol. The largest absolute Gasteiger partial charge is 0.285 e. The number of hydrogen-bond donors (Lipinski definition) is 0. The monoisotopic (exact) mass is 353 g/mol. The van der Waals surface area contributed by atoms with Crippen LogP contribution in [0.5, 0.6) is 0 Å². The highest BCUT2D eigenvalue weighted by atomic mass is 35.5. The van der Waals surface area contributed by atoms with Gasteiger partial charge in [-0.15, -0.1) is 0 Å². The number of halogens is 2. The van der Waals surface area contributed by atoms with Crippen LogP contribution in [0.4, 0.5) is 0 Å². The van der Waals surface area contributed by atoms with Crippen molar-refractivity contribution in [3.05, 3.63) is 94.0 Å². The van der Waals surface area contributed by atoms with E-state index in [1.807, 2.05) is 61.7 Å². The number of hydrogen-bond acceptors (Lipinski definition) is 1. The highest BCUT2D eigenvalue weighted by Gasteiger charge is 2.11. The van der Waals surface area contributed by atoms with Gasteiger partial charge in [-0.3, -0.25) is 4.99 Å². The van der Waals surface area contributed by atoms with Gasteiger partial charge in [0.25, 0.3) is 0 Å². The summed E-state index contributed by atoms with van der Waals surface area (Å²) in [6.45, 7) is 1.99. The maximum atomic E-state index is 6.25. The topological polar surface area (TPSA) is 12.4 Å². The SMILES string of the molecule is CC(N=Cc1cccc(-c2ccccc2)c1)c1c(Cl)cccc1Cl. The third-order valence-corrected chi connectivity index (χ3v) is 4.52. The lowest BCUT2D eigenvalue weighted by Gasteiger charge is -2.11. The van der Waals surface area contributed by atoms with E-state index in [0.717, 1.165) is 11.1 Å². The standard InChI is InChI=1S/C21H17Cl2N/c1-15(21-19(22)11-6-12-20(21)23)24-14-16-7-5-10-18(13-16)17-8-3-2-4-9-17/h2-15H,1H3. The molecule has 3 rings (SSSR count). The van der Waals surface area contributed by atoms with Crippen LogP contribution in [-0.2, 0) is 0 Å². The Bertz CT molecular complexity index is 836. The predicted octanol–water partition coefficient (Wildman–Crippen LogP) is 6.84. The molecule has 0 fully saturated rings. The zero-order valence-corrected chi connectivity index (χ0v) is 14.8. The average molecular weight is 354 g/mol. The Morgan fingerprint density at radius 1 is 0.792 bits per heavy atom. The van der Waals surface area contributed by atoms with Gasteiger partial charge in [-0.05, 0) is 41.8 Å². The third-order valence-electron chi connectivity index (χ3n) is 3.86. The number of aliphatic imine (C=N–C) groups is 1. The van der Waals surface area contributed by atoms with Crippen LogP contribution in [0, 0.1) is 0 Å². The van der Waals surface area contributed by atoms with Crippen LogP contribution in [0.3, 0.4) is 0 Å². The first-order valence-corrected chi connectivity index (χ1v) is 8.53. The second-order valence-electron chi connectivity index (χ2n) is 5.58.